The van der Waals surface area contributed by atoms with Crippen molar-refractivity contribution in [3.63, 3.8) is 0 Å². The summed E-state index contributed by atoms with van der Waals surface area (Å²) < 4.78 is 53.8. The van der Waals surface area contributed by atoms with Crippen molar-refractivity contribution >= 4 is 29.3 Å². The smallest absolute Gasteiger partial charge is 0.392 e. The summed E-state index contributed by atoms with van der Waals surface area (Å²) in [7, 11) is 1.36. The van der Waals surface area contributed by atoms with E-state index < -0.39 is 23.9 Å². The number of halogens is 4. The predicted molar refractivity (Wildman–Crippen MR) is 132 cm³/mol. The fourth-order valence-corrected chi connectivity index (χ4v) is 5.45. The minimum atomic E-state index is -4.45. The summed E-state index contributed by atoms with van der Waals surface area (Å²) in [5, 5.41) is 4.90. The van der Waals surface area contributed by atoms with Gasteiger partial charge in [0.1, 0.15) is 10.7 Å². The number of ether oxygens (including phenoxy) is 2. The molecule has 2 N–H and O–H groups in total. The van der Waals surface area contributed by atoms with Crippen LogP contribution in [0.4, 0.5) is 13.2 Å². The van der Waals surface area contributed by atoms with E-state index in [4.69, 9.17) is 26.8 Å². The zero-order chi connectivity index (χ0) is 25.9. The first kappa shape index (κ1) is 26.5. The number of carbonyl (C=O) groups is 1. The van der Waals surface area contributed by atoms with Gasteiger partial charge < -0.3 is 15.2 Å². The van der Waals surface area contributed by atoms with Crippen LogP contribution in [0.3, 0.4) is 0 Å². The highest BCUT2D eigenvalue weighted by Gasteiger charge is 2.49. The Kier molecular flexibility index (Phi) is 8.29. The normalized spacial score (nSPS) is 18.3. The minimum absolute atomic E-state index is 0.00264. The number of thioether (sulfide) groups is 1. The standard InChI is InChI=1S/C25H25ClF3N3O3S/c1-34-22-21(18-13-35-11-10-19(18)25(27,28)29)31-32(23(33)17-4-2-3-5-20(17)26)24(22)36-14-16-8-6-15(12-30)7-9-16/h2-9,18-19H,10-14,30H2,1H3. The van der Waals surface area contributed by atoms with Gasteiger partial charge in [-0.2, -0.15) is 23.0 Å². The van der Waals surface area contributed by atoms with Gasteiger partial charge in [0.25, 0.3) is 5.91 Å². The monoisotopic (exact) mass is 539 g/mol. The average molecular weight is 540 g/mol. The molecule has 2 aromatic carbocycles. The summed E-state index contributed by atoms with van der Waals surface area (Å²) in [4.78, 5) is 13.5. The fourth-order valence-electron chi connectivity index (χ4n) is 4.17. The largest absolute Gasteiger partial charge is 0.492 e. The highest BCUT2D eigenvalue weighted by Crippen LogP contribution is 2.47. The molecule has 11 heteroatoms. The molecule has 1 saturated heterocycles. The Morgan fingerprint density at radius 2 is 1.92 bits per heavy atom. The minimum Gasteiger partial charge on any atom is -0.492 e. The van der Waals surface area contributed by atoms with Gasteiger partial charge in [0, 0.05) is 24.8 Å². The Labute approximate surface area is 215 Å². The molecule has 0 aliphatic carbocycles. The second-order valence-electron chi connectivity index (χ2n) is 8.35. The van der Waals surface area contributed by atoms with Crippen molar-refractivity contribution in [3.05, 3.63) is 75.9 Å². The third-order valence-corrected chi connectivity index (χ3v) is 7.53. The van der Waals surface area contributed by atoms with Gasteiger partial charge in [-0.3, -0.25) is 4.79 Å². The topological polar surface area (TPSA) is 79.4 Å². The van der Waals surface area contributed by atoms with Gasteiger partial charge in [-0.1, -0.05) is 59.8 Å². The average Bonchev–Trinajstić information content (AvgIpc) is 3.25. The molecule has 0 saturated carbocycles. The Balaban J connectivity index is 1.78. The van der Waals surface area contributed by atoms with E-state index in [0.29, 0.717) is 17.3 Å². The summed E-state index contributed by atoms with van der Waals surface area (Å²) >= 11 is 7.50. The number of nitrogens with zero attached hydrogens (tertiary/aromatic N) is 2. The molecular formula is C25H25ClF3N3O3S. The number of nitrogens with two attached hydrogens (primary N) is 1. The summed E-state index contributed by atoms with van der Waals surface area (Å²) in [5.74, 6) is -2.79. The molecule has 3 aromatic rings. The molecule has 2 atom stereocenters. The zero-order valence-corrected chi connectivity index (χ0v) is 21.0. The Hall–Kier alpha value is -2.53. The molecule has 6 nitrogen and oxygen atoms in total. The molecule has 1 aliphatic rings. The first-order valence-corrected chi connectivity index (χ1v) is 12.6. The molecule has 192 valence electrons. The Morgan fingerprint density at radius 1 is 1.22 bits per heavy atom. The van der Waals surface area contributed by atoms with Crippen LogP contribution in [-0.2, 0) is 17.0 Å². The maximum atomic E-state index is 13.9. The molecule has 0 radical (unpaired) electrons. The highest BCUT2D eigenvalue weighted by atomic mass is 35.5. The van der Waals surface area contributed by atoms with Crippen molar-refractivity contribution in [3.8, 4) is 5.75 Å². The van der Waals surface area contributed by atoms with E-state index in [2.05, 4.69) is 5.10 Å². The van der Waals surface area contributed by atoms with Gasteiger partial charge in [0.05, 0.1) is 30.2 Å². The van der Waals surface area contributed by atoms with E-state index in [1.54, 1.807) is 24.3 Å². The number of carbonyl (C=O) groups excluding carboxylic acids is 1. The molecule has 4 rings (SSSR count). The number of alkyl halides is 3. The van der Waals surface area contributed by atoms with Crippen LogP contribution in [0.5, 0.6) is 5.75 Å². The number of hydrogen-bond donors (Lipinski definition) is 1. The lowest BCUT2D eigenvalue weighted by Crippen LogP contribution is -2.36. The Morgan fingerprint density at radius 3 is 2.56 bits per heavy atom. The van der Waals surface area contributed by atoms with E-state index in [1.807, 2.05) is 24.3 Å². The number of methoxy groups -OCH3 is 1. The van der Waals surface area contributed by atoms with E-state index in [-0.39, 0.29) is 41.7 Å². The number of aromatic nitrogens is 2. The van der Waals surface area contributed by atoms with Gasteiger partial charge in [-0.15, -0.1) is 0 Å². The van der Waals surface area contributed by atoms with Crippen LogP contribution in [0.1, 0.15) is 39.5 Å². The molecule has 0 bridgehead atoms. The molecule has 1 aromatic heterocycles. The maximum absolute atomic E-state index is 13.9. The van der Waals surface area contributed by atoms with Crippen LogP contribution in [0.2, 0.25) is 5.02 Å². The molecule has 2 unspecified atom stereocenters. The van der Waals surface area contributed by atoms with E-state index in [0.717, 1.165) is 15.8 Å². The van der Waals surface area contributed by atoms with Gasteiger partial charge in [-0.05, 0) is 29.7 Å². The zero-order valence-electron chi connectivity index (χ0n) is 19.4. The molecular weight excluding hydrogens is 515 g/mol. The van der Waals surface area contributed by atoms with Crippen LogP contribution in [-0.4, -0.2) is 42.2 Å². The van der Waals surface area contributed by atoms with Crippen molar-refractivity contribution in [2.45, 2.75) is 35.8 Å². The summed E-state index contributed by atoms with van der Waals surface area (Å²) in [6, 6.07) is 14.1. The lowest BCUT2D eigenvalue weighted by Gasteiger charge is -2.32. The van der Waals surface area contributed by atoms with Crippen LogP contribution in [0.15, 0.2) is 53.6 Å². The van der Waals surface area contributed by atoms with Crippen molar-refractivity contribution in [2.75, 3.05) is 20.3 Å². The summed E-state index contributed by atoms with van der Waals surface area (Å²) in [5.41, 5.74) is 7.80. The van der Waals surface area contributed by atoms with Gasteiger partial charge >= 0.3 is 6.18 Å². The SMILES string of the molecule is COc1c(C2COCCC2C(F)(F)F)nn(C(=O)c2ccccc2Cl)c1SCc1ccc(CN)cc1. The van der Waals surface area contributed by atoms with Gasteiger partial charge in [0.15, 0.2) is 5.75 Å². The molecule has 0 spiro atoms. The Bertz CT molecular complexity index is 1220. The van der Waals surface area contributed by atoms with E-state index in [1.165, 1.54) is 18.9 Å². The fraction of sp³-hybridized carbons (Fsp3) is 0.360. The second-order valence-corrected chi connectivity index (χ2v) is 9.72. The highest BCUT2D eigenvalue weighted by molar-refractivity contribution is 7.98. The van der Waals surface area contributed by atoms with Crippen LogP contribution in [0, 0.1) is 5.92 Å². The quantitative estimate of drug-likeness (QED) is 0.390. The molecule has 1 fully saturated rings. The van der Waals surface area contributed by atoms with Crippen molar-refractivity contribution < 1.29 is 27.4 Å². The third-order valence-electron chi connectivity index (χ3n) is 6.09. The summed E-state index contributed by atoms with van der Waals surface area (Å²) in [6.45, 7) is 0.235. The van der Waals surface area contributed by atoms with Crippen LogP contribution in [0.25, 0.3) is 0 Å². The third kappa shape index (κ3) is 5.56. The van der Waals surface area contributed by atoms with Gasteiger partial charge in [-0.25, -0.2) is 0 Å². The lowest BCUT2D eigenvalue weighted by atomic mass is 9.85. The number of hydrogen-bond acceptors (Lipinski definition) is 6. The number of benzene rings is 2. The summed E-state index contributed by atoms with van der Waals surface area (Å²) in [6.07, 6.45) is -4.65. The first-order valence-electron chi connectivity index (χ1n) is 11.3. The molecule has 36 heavy (non-hydrogen) atoms. The van der Waals surface area contributed by atoms with E-state index in [9.17, 15) is 18.0 Å². The number of rotatable bonds is 7. The van der Waals surface area contributed by atoms with Crippen molar-refractivity contribution in [2.24, 2.45) is 11.7 Å². The lowest BCUT2D eigenvalue weighted by molar-refractivity contribution is -0.199. The van der Waals surface area contributed by atoms with Crippen LogP contribution < -0.4 is 10.5 Å². The van der Waals surface area contributed by atoms with Gasteiger partial charge in [0.2, 0.25) is 0 Å². The molecule has 0 amide bonds. The van der Waals surface area contributed by atoms with Crippen LogP contribution >= 0.6 is 23.4 Å². The second kappa shape index (κ2) is 11.2. The predicted octanol–water partition coefficient (Wildman–Crippen LogP) is 5.67. The van der Waals surface area contributed by atoms with Crippen molar-refractivity contribution in [1.29, 1.82) is 0 Å². The van der Waals surface area contributed by atoms with E-state index >= 15 is 0 Å². The maximum Gasteiger partial charge on any atom is 0.392 e. The molecule has 1 aliphatic heterocycles. The molecule has 2 heterocycles. The van der Waals surface area contributed by atoms with Crippen molar-refractivity contribution in [1.82, 2.24) is 9.78 Å². The first-order chi connectivity index (χ1) is 17.2.